The van der Waals surface area contributed by atoms with Crippen molar-refractivity contribution in [2.24, 2.45) is 0 Å². The number of anilines is 1. The molecule has 0 spiro atoms. The van der Waals surface area contributed by atoms with Crippen LogP contribution in [0.2, 0.25) is 0 Å². The molecule has 0 aliphatic carbocycles. The Hall–Kier alpha value is -1.55. The van der Waals surface area contributed by atoms with E-state index in [-0.39, 0.29) is 12.0 Å². The summed E-state index contributed by atoms with van der Waals surface area (Å²) in [6.07, 6.45) is 0.956. The molecule has 1 atom stereocenters. The number of hydrogen-bond acceptors (Lipinski definition) is 4. The Kier molecular flexibility index (Phi) is 6.22. The van der Waals surface area contributed by atoms with Gasteiger partial charge in [-0.25, -0.2) is 4.79 Å². The van der Waals surface area contributed by atoms with Crippen LogP contribution < -0.4 is 5.32 Å². The molecular formula is C14H21NO3. The monoisotopic (exact) mass is 251 g/mol. The minimum absolute atomic E-state index is 0.243. The van der Waals surface area contributed by atoms with Crippen molar-refractivity contribution < 1.29 is 14.3 Å². The number of esters is 1. The SMILES string of the molecule is CCOC(=O)c1cccc(NC(CC)COC)c1. The molecule has 0 aliphatic heterocycles. The third kappa shape index (κ3) is 4.37. The molecule has 4 heteroatoms. The first-order valence-corrected chi connectivity index (χ1v) is 6.23. The van der Waals surface area contributed by atoms with Gasteiger partial charge in [0.15, 0.2) is 0 Å². The molecule has 0 heterocycles. The summed E-state index contributed by atoms with van der Waals surface area (Å²) in [4.78, 5) is 11.6. The van der Waals surface area contributed by atoms with Crippen molar-refractivity contribution >= 4 is 11.7 Å². The fraction of sp³-hybridized carbons (Fsp3) is 0.500. The zero-order valence-corrected chi connectivity index (χ0v) is 11.2. The largest absolute Gasteiger partial charge is 0.462 e. The Bertz CT molecular complexity index is 379. The number of hydrogen-bond donors (Lipinski definition) is 1. The molecule has 1 aromatic carbocycles. The van der Waals surface area contributed by atoms with Crippen molar-refractivity contribution in [2.45, 2.75) is 26.3 Å². The molecule has 0 bridgehead atoms. The molecule has 1 rings (SSSR count). The predicted octanol–water partition coefficient (Wildman–Crippen LogP) is 2.70. The standard InChI is InChI=1S/C14H21NO3/c1-4-12(10-17-3)15-13-8-6-7-11(9-13)14(16)18-5-2/h6-9,12,15H,4-5,10H2,1-3H3. The maximum absolute atomic E-state index is 11.6. The maximum atomic E-state index is 11.6. The van der Waals surface area contributed by atoms with E-state index in [1.807, 2.05) is 12.1 Å². The summed E-state index contributed by atoms with van der Waals surface area (Å²) in [5.41, 5.74) is 1.47. The van der Waals surface area contributed by atoms with Crippen molar-refractivity contribution in [3.63, 3.8) is 0 Å². The second kappa shape index (κ2) is 7.71. The van der Waals surface area contributed by atoms with E-state index in [1.54, 1.807) is 26.2 Å². The molecule has 100 valence electrons. The van der Waals surface area contributed by atoms with Crippen molar-refractivity contribution in [1.29, 1.82) is 0 Å². The molecule has 0 saturated carbocycles. The van der Waals surface area contributed by atoms with Crippen LogP contribution in [0.1, 0.15) is 30.6 Å². The summed E-state index contributed by atoms with van der Waals surface area (Å²) in [5, 5.41) is 3.33. The molecule has 1 N–H and O–H groups in total. The molecule has 0 aliphatic rings. The van der Waals surface area contributed by atoms with Gasteiger partial charge in [-0.1, -0.05) is 13.0 Å². The van der Waals surface area contributed by atoms with E-state index in [0.717, 1.165) is 12.1 Å². The van der Waals surface area contributed by atoms with Gasteiger partial charge in [0.25, 0.3) is 0 Å². The number of carbonyl (C=O) groups is 1. The van der Waals surface area contributed by atoms with Gasteiger partial charge in [0.1, 0.15) is 0 Å². The number of methoxy groups -OCH3 is 1. The minimum atomic E-state index is -0.291. The minimum Gasteiger partial charge on any atom is -0.462 e. The van der Waals surface area contributed by atoms with E-state index in [4.69, 9.17) is 9.47 Å². The Balaban J connectivity index is 2.72. The number of ether oxygens (including phenoxy) is 2. The van der Waals surface area contributed by atoms with Gasteiger partial charge in [0, 0.05) is 18.8 Å². The molecule has 4 nitrogen and oxygen atoms in total. The van der Waals surface area contributed by atoms with Gasteiger partial charge in [-0.3, -0.25) is 0 Å². The first kappa shape index (κ1) is 14.5. The van der Waals surface area contributed by atoms with Crippen molar-refractivity contribution in [3.05, 3.63) is 29.8 Å². The number of nitrogens with one attached hydrogen (secondary N) is 1. The highest BCUT2D eigenvalue weighted by molar-refractivity contribution is 5.90. The Morgan fingerprint density at radius 1 is 1.39 bits per heavy atom. The fourth-order valence-electron chi connectivity index (χ4n) is 1.65. The summed E-state index contributed by atoms with van der Waals surface area (Å²) in [6, 6.07) is 7.57. The van der Waals surface area contributed by atoms with Crippen LogP contribution in [-0.4, -0.2) is 32.3 Å². The van der Waals surface area contributed by atoms with E-state index < -0.39 is 0 Å². The van der Waals surface area contributed by atoms with E-state index in [1.165, 1.54) is 0 Å². The summed E-state index contributed by atoms with van der Waals surface area (Å²) >= 11 is 0. The summed E-state index contributed by atoms with van der Waals surface area (Å²) in [6.45, 7) is 4.91. The van der Waals surface area contributed by atoms with Gasteiger partial charge in [-0.05, 0) is 31.5 Å². The van der Waals surface area contributed by atoms with Gasteiger partial charge in [0.05, 0.1) is 18.8 Å². The third-order valence-corrected chi connectivity index (χ3v) is 2.61. The quantitative estimate of drug-likeness (QED) is 0.757. The van der Waals surface area contributed by atoms with Crippen LogP contribution in [0.5, 0.6) is 0 Å². The van der Waals surface area contributed by atoms with E-state index in [0.29, 0.717) is 18.8 Å². The number of carbonyl (C=O) groups excluding carboxylic acids is 1. The Morgan fingerprint density at radius 2 is 2.17 bits per heavy atom. The van der Waals surface area contributed by atoms with Crippen LogP contribution >= 0.6 is 0 Å². The molecule has 1 unspecified atom stereocenters. The molecular weight excluding hydrogens is 230 g/mol. The second-order valence-corrected chi connectivity index (χ2v) is 4.01. The van der Waals surface area contributed by atoms with Crippen molar-refractivity contribution in [1.82, 2.24) is 0 Å². The van der Waals surface area contributed by atoms with Crippen LogP contribution in [0.3, 0.4) is 0 Å². The van der Waals surface area contributed by atoms with E-state index >= 15 is 0 Å². The molecule has 1 aromatic rings. The predicted molar refractivity (Wildman–Crippen MR) is 72.0 cm³/mol. The van der Waals surface area contributed by atoms with Crippen molar-refractivity contribution in [2.75, 3.05) is 25.6 Å². The van der Waals surface area contributed by atoms with Crippen molar-refractivity contribution in [3.8, 4) is 0 Å². The van der Waals surface area contributed by atoms with Crippen LogP contribution in [0, 0.1) is 0 Å². The Labute approximate surface area is 108 Å². The zero-order chi connectivity index (χ0) is 13.4. The van der Waals surface area contributed by atoms with Crippen LogP contribution in [0.4, 0.5) is 5.69 Å². The van der Waals surface area contributed by atoms with Gasteiger partial charge < -0.3 is 14.8 Å². The number of benzene rings is 1. The first-order valence-electron chi connectivity index (χ1n) is 6.23. The second-order valence-electron chi connectivity index (χ2n) is 4.01. The smallest absolute Gasteiger partial charge is 0.338 e. The highest BCUT2D eigenvalue weighted by Gasteiger charge is 2.09. The molecule has 0 radical (unpaired) electrons. The summed E-state index contributed by atoms with van der Waals surface area (Å²) in [5.74, 6) is -0.291. The molecule has 0 saturated heterocycles. The molecule has 0 aromatic heterocycles. The molecule has 0 amide bonds. The lowest BCUT2D eigenvalue weighted by Crippen LogP contribution is -2.24. The third-order valence-electron chi connectivity index (χ3n) is 2.61. The highest BCUT2D eigenvalue weighted by Crippen LogP contribution is 2.14. The van der Waals surface area contributed by atoms with Crippen LogP contribution in [0.15, 0.2) is 24.3 Å². The average Bonchev–Trinajstić information content (AvgIpc) is 2.39. The lowest BCUT2D eigenvalue weighted by atomic mass is 10.1. The normalized spacial score (nSPS) is 11.9. The number of rotatable bonds is 7. The molecule has 18 heavy (non-hydrogen) atoms. The van der Waals surface area contributed by atoms with Gasteiger partial charge >= 0.3 is 5.97 Å². The van der Waals surface area contributed by atoms with Crippen LogP contribution in [0.25, 0.3) is 0 Å². The first-order chi connectivity index (χ1) is 8.71. The average molecular weight is 251 g/mol. The van der Waals surface area contributed by atoms with E-state index in [9.17, 15) is 4.79 Å². The van der Waals surface area contributed by atoms with Gasteiger partial charge in [-0.15, -0.1) is 0 Å². The lowest BCUT2D eigenvalue weighted by molar-refractivity contribution is 0.0526. The zero-order valence-electron chi connectivity index (χ0n) is 11.2. The highest BCUT2D eigenvalue weighted by atomic mass is 16.5. The maximum Gasteiger partial charge on any atom is 0.338 e. The Morgan fingerprint density at radius 3 is 2.78 bits per heavy atom. The summed E-state index contributed by atoms with van der Waals surface area (Å²) in [7, 11) is 1.68. The summed E-state index contributed by atoms with van der Waals surface area (Å²) < 4.78 is 10.1. The molecule has 0 fully saturated rings. The lowest BCUT2D eigenvalue weighted by Gasteiger charge is -2.17. The van der Waals surface area contributed by atoms with Gasteiger partial charge in [0.2, 0.25) is 0 Å². The van der Waals surface area contributed by atoms with E-state index in [2.05, 4.69) is 12.2 Å². The topological polar surface area (TPSA) is 47.6 Å². The van der Waals surface area contributed by atoms with Gasteiger partial charge in [-0.2, -0.15) is 0 Å². The van der Waals surface area contributed by atoms with Crippen LogP contribution in [-0.2, 0) is 9.47 Å². The fourth-order valence-corrected chi connectivity index (χ4v) is 1.65.